The Balaban J connectivity index is 2.30. The second-order valence-corrected chi connectivity index (χ2v) is 5.31. The van der Waals surface area contributed by atoms with Gasteiger partial charge in [0.25, 0.3) is 0 Å². The number of aromatic hydroxyl groups is 2. The zero-order chi connectivity index (χ0) is 17.8. The van der Waals surface area contributed by atoms with Crippen LogP contribution in [0.1, 0.15) is 24.8 Å². The van der Waals surface area contributed by atoms with Crippen LogP contribution >= 0.6 is 0 Å². The zero-order valence-corrected chi connectivity index (χ0v) is 14.0. The summed E-state index contributed by atoms with van der Waals surface area (Å²) in [6.07, 6.45) is 5.77. The number of rotatable bonds is 11. The van der Waals surface area contributed by atoms with Gasteiger partial charge in [0.2, 0.25) is 11.7 Å². The molecule has 0 fully saturated rings. The Kier molecular flexibility index (Phi) is 9.33. The lowest BCUT2D eigenvalue weighted by Gasteiger charge is -2.06. The van der Waals surface area contributed by atoms with Gasteiger partial charge in [-0.1, -0.05) is 0 Å². The maximum atomic E-state index is 11.7. The van der Waals surface area contributed by atoms with Crippen molar-refractivity contribution in [2.45, 2.75) is 19.3 Å². The van der Waals surface area contributed by atoms with Crippen molar-refractivity contribution in [2.24, 2.45) is 5.73 Å². The molecule has 1 aromatic rings. The Morgan fingerprint density at radius 2 is 1.92 bits per heavy atom. The number of hydrogen-bond donors (Lipinski definition) is 5. The zero-order valence-electron chi connectivity index (χ0n) is 14.0. The van der Waals surface area contributed by atoms with Crippen LogP contribution in [0.5, 0.6) is 17.2 Å². The first-order valence-electron chi connectivity index (χ1n) is 8.05. The molecular weight excluding hydrogens is 310 g/mol. The number of benzene rings is 1. The number of hydrogen-bond acceptors (Lipinski definition) is 6. The van der Waals surface area contributed by atoms with Crippen molar-refractivity contribution in [3.8, 4) is 17.2 Å². The van der Waals surface area contributed by atoms with Crippen molar-refractivity contribution in [3.05, 3.63) is 23.8 Å². The average Bonchev–Trinajstić information content (AvgIpc) is 2.58. The third-order valence-electron chi connectivity index (χ3n) is 3.36. The Hall–Kier alpha value is -2.25. The fourth-order valence-corrected chi connectivity index (χ4v) is 2.04. The summed E-state index contributed by atoms with van der Waals surface area (Å²) >= 11 is 0. The van der Waals surface area contributed by atoms with Gasteiger partial charge in [-0.05, 0) is 62.7 Å². The average molecular weight is 337 g/mol. The first-order valence-corrected chi connectivity index (χ1v) is 8.05. The van der Waals surface area contributed by atoms with E-state index in [-0.39, 0.29) is 23.2 Å². The van der Waals surface area contributed by atoms with Gasteiger partial charge >= 0.3 is 0 Å². The summed E-state index contributed by atoms with van der Waals surface area (Å²) in [6, 6.07) is 2.89. The number of phenols is 2. The summed E-state index contributed by atoms with van der Waals surface area (Å²) in [5.41, 5.74) is 5.96. The van der Waals surface area contributed by atoms with E-state index in [0.29, 0.717) is 18.7 Å². The number of carbonyl (C=O) groups excluding carboxylic acids is 1. The first kappa shape index (κ1) is 19.8. The molecule has 0 bridgehead atoms. The van der Waals surface area contributed by atoms with E-state index < -0.39 is 0 Å². The molecule has 7 nitrogen and oxygen atoms in total. The van der Waals surface area contributed by atoms with E-state index in [1.54, 1.807) is 6.08 Å². The predicted octanol–water partition coefficient (Wildman–Crippen LogP) is 0.954. The van der Waals surface area contributed by atoms with Gasteiger partial charge in [-0.3, -0.25) is 4.79 Å². The summed E-state index contributed by atoms with van der Waals surface area (Å²) in [7, 11) is 1.39. The lowest BCUT2D eigenvalue weighted by atomic mass is 10.1. The van der Waals surface area contributed by atoms with Gasteiger partial charge in [-0.15, -0.1) is 0 Å². The summed E-state index contributed by atoms with van der Waals surface area (Å²) in [5.74, 6) is -0.675. The topological polar surface area (TPSA) is 117 Å². The van der Waals surface area contributed by atoms with Crippen LogP contribution in [0.3, 0.4) is 0 Å². The van der Waals surface area contributed by atoms with Crippen LogP contribution in [0.2, 0.25) is 0 Å². The summed E-state index contributed by atoms with van der Waals surface area (Å²) in [6.45, 7) is 3.14. The lowest BCUT2D eigenvalue weighted by Crippen LogP contribution is -2.24. The molecule has 0 atom stereocenters. The molecule has 1 aromatic carbocycles. The van der Waals surface area contributed by atoms with E-state index in [4.69, 9.17) is 10.5 Å². The maximum Gasteiger partial charge on any atom is 0.243 e. The molecule has 0 saturated heterocycles. The standard InChI is InChI=1S/C17H27N3O4/c1-24-15-12-13(11-14(21)17(15)23)5-6-16(22)20-10-3-2-8-19-9-4-7-18/h5-6,11-12,19,21,23H,2-4,7-10,18H2,1H3,(H,20,22)/b6-5+. The second-order valence-electron chi connectivity index (χ2n) is 5.31. The normalized spacial score (nSPS) is 10.9. The highest BCUT2D eigenvalue weighted by molar-refractivity contribution is 5.91. The molecular formula is C17H27N3O4. The van der Waals surface area contributed by atoms with E-state index in [0.717, 1.165) is 32.4 Å². The summed E-state index contributed by atoms with van der Waals surface area (Å²) < 4.78 is 4.94. The van der Waals surface area contributed by atoms with Crippen molar-refractivity contribution < 1.29 is 19.7 Å². The second kappa shape index (κ2) is 11.3. The molecule has 1 rings (SSSR count). The lowest BCUT2D eigenvalue weighted by molar-refractivity contribution is -0.116. The highest BCUT2D eigenvalue weighted by Crippen LogP contribution is 2.36. The van der Waals surface area contributed by atoms with Crippen molar-refractivity contribution in [3.63, 3.8) is 0 Å². The van der Waals surface area contributed by atoms with Crippen molar-refractivity contribution >= 4 is 12.0 Å². The molecule has 0 aliphatic heterocycles. The molecule has 0 radical (unpaired) electrons. The number of amides is 1. The minimum atomic E-state index is -0.320. The number of ether oxygens (including phenoxy) is 1. The first-order chi connectivity index (χ1) is 11.6. The third-order valence-corrected chi connectivity index (χ3v) is 3.36. The molecule has 0 unspecified atom stereocenters. The molecule has 0 spiro atoms. The number of phenolic OH excluding ortho intramolecular Hbond substituents is 2. The van der Waals surface area contributed by atoms with Crippen molar-refractivity contribution in [1.82, 2.24) is 10.6 Å². The van der Waals surface area contributed by atoms with Crippen molar-refractivity contribution in [1.29, 1.82) is 0 Å². The number of nitrogens with one attached hydrogen (secondary N) is 2. The molecule has 134 valence electrons. The Bertz CT molecular complexity index is 547. The molecule has 0 aliphatic rings. The molecule has 0 heterocycles. The van der Waals surface area contributed by atoms with Gasteiger partial charge in [0, 0.05) is 12.6 Å². The van der Waals surface area contributed by atoms with E-state index in [1.165, 1.54) is 25.3 Å². The van der Waals surface area contributed by atoms with Gasteiger partial charge in [-0.2, -0.15) is 0 Å². The SMILES string of the molecule is COc1cc(/C=C/C(=O)NCCCCNCCCN)cc(O)c1O. The van der Waals surface area contributed by atoms with Crippen LogP contribution in [-0.4, -0.2) is 49.4 Å². The van der Waals surface area contributed by atoms with E-state index >= 15 is 0 Å². The summed E-state index contributed by atoms with van der Waals surface area (Å²) in [5, 5.41) is 25.2. The van der Waals surface area contributed by atoms with Crippen LogP contribution in [0.25, 0.3) is 6.08 Å². The highest BCUT2D eigenvalue weighted by Gasteiger charge is 2.08. The van der Waals surface area contributed by atoms with Crippen LogP contribution < -0.4 is 21.1 Å². The maximum absolute atomic E-state index is 11.7. The van der Waals surface area contributed by atoms with Crippen LogP contribution in [0.4, 0.5) is 0 Å². The fraction of sp³-hybridized carbons (Fsp3) is 0.471. The molecule has 0 saturated carbocycles. The van der Waals surface area contributed by atoms with Gasteiger partial charge in [-0.25, -0.2) is 0 Å². The summed E-state index contributed by atoms with van der Waals surface area (Å²) in [4.78, 5) is 11.7. The van der Waals surface area contributed by atoms with Gasteiger partial charge < -0.3 is 31.3 Å². The van der Waals surface area contributed by atoms with E-state index in [2.05, 4.69) is 10.6 Å². The minimum absolute atomic E-state index is 0.150. The van der Waals surface area contributed by atoms with Gasteiger partial charge in [0.05, 0.1) is 7.11 Å². The number of methoxy groups -OCH3 is 1. The fourth-order valence-electron chi connectivity index (χ4n) is 2.04. The molecule has 0 aliphatic carbocycles. The van der Waals surface area contributed by atoms with Crippen molar-refractivity contribution in [2.75, 3.05) is 33.3 Å². The van der Waals surface area contributed by atoms with Crippen LogP contribution in [0.15, 0.2) is 18.2 Å². The quantitative estimate of drug-likeness (QED) is 0.233. The smallest absolute Gasteiger partial charge is 0.243 e. The predicted molar refractivity (Wildman–Crippen MR) is 94.1 cm³/mol. The molecule has 6 N–H and O–H groups in total. The van der Waals surface area contributed by atoms with Crippen LogP contribution in [-0.2, 0) is 4.79 Å². The van der Waals surface area contributed by atoms with Gasteiger partial charge in [0.1, 0.15) is 0 Å². The molecule has 7 heteroatoms. The molecule has 24 heavy (non-hydrogen) atoms. The van der Waals surface area contributed by atoms with E-state index in [9.17, 15) is 15.0 Å². The van der Waals surface area contributed by atoms with Crippen LogP contribution in [0, 0.1) is 0 Å². The van der Waals surface area contributed by atoms with Gasteiger partial charge in [0.15, 0.2) is 11.5 Å². The minimum Gasteiger partial charge on any atom is -0.504 e. The molecule has 1 amide bonds. The number of nitrogens with two attached hydrogens (primary N) is 1. The molecule has 0 aromatic heterocycles. The highest BCUT2D eigenvalue weighted by atomic mass is 16.5. The Morgan fingerprint density at radius 3 is 2.62 bits per heavy atom. The Labute approximate surface area is 142 Å². The number of carbonyl (C=O) groups is 1. The number of unbranched alkanes of at least 4 members (excludes halogenated alkanes) is 1. The third kappa shape index (κ3) is 7.34. The largest absolute Gasteiger partial charge is 0.504 e. The van der Waals surface area contributed by atoms with E-state index in [1.807, 2.05) is 0 Å². The monoisotopic (exact) mass is 337 g/mol. The Morgan fingerprint density at radius 1 is 1.21 bits per heavy atom.